The topological polar surface area (TPSA) is 213 Å². The Labute approximate surface area is 204 Å². The summed E-state index contributed by atoms with van der Waals surface area (Å²) < 4.78 is 21.8. The van der Waals surface area contributed by atoms with E-state index in [0.717, 1.165) is 6.26 Å². The number of aliphatic hydroxyl groups is 6. The molecular weight excluding hydrogens is 484 g/mol. The maximum Gasteiger partial charge on any atom is 0.338 e. The minimum Gasteiger partial charge on any atom is -0.478 e. The van der Waals surface area contributed by atoms with Crippen LogP contribution in [0.25, 0.3) is 0 Å². The molecule has 1 saturated heterocycles. The number of carbonyl (C=O) groups is 2. The van der Waals surface area contributed by atoms with Crippen LogP contribution >= 0.6 is 0 Å². The molecular formula is C23H28O13. The molecule has 0 spiro atoms. The van der Waals surface area contributed by atoms with Gasteiger partial charge in [0, 0.05) is 17.8 Å². The first-order valence-electron chi connectivity index (χ1n) is 11.3. The van der Waals surface area contributed by atoms with E-state index in [0.29, 0.717) is 0 Å². The molecule has 13 nitrogen and oxygen atoms in total. The van der Waals surface area contributed by atoms with Gasteiger partial charge in [-0.15, -0.1) is 0 Å². The minimum atomic E-state index is -1.78. The molecule has 1 aromatic carbocycles. The van der Waals surface area contributed by atoms with Crippen LogP contribution in [-0.2, 0) is 23.7 Å². The number of carboxylic acids is 1. The summed E-state index contributed by atoms with van der Waals surface area (Å²) in [5.74, 6) is -5.48. The first-order valence-corrected chi connectivity index (χ1v) is 11.3. The maximum absolute atomic E-state index is 12.4. The third-order valence-electron chi connectivity index (χ3n) is 6.85. The highest BCUT2D eigenvalue weighted by atomic mass is 16.8. The first kappa shape index (κ1) is 26.4. The van der Waals surface area contributed by atoms with Crippen molar-refractivity contribution in [3.8, 4) is 0 Å². The van der Waals surface area contributed by atoms with E-state index in [-0.39, 0.29) is 11.1 Å². The molecule has 11 atom stereocenters. The number of ether oxygens (including phenoxy) is 4. The predicted molar refractivity (Wildman–Crippen MR) is 115 cm³/mol. The van der Waals surface area contributed by atoms with Gasteiger partial charge in [0.25, 0.3) is 0 Å². The first-order chi connectivity index (χ1) is 17.1. The van der Waals surface area contributed by atoms with E-state index < -0.39 is 92.1 Å². The standard InChI is InChI=1S/C23H28O13/c24-6-12-16(26)18(28)19(29)23(35-12)36-22-14-10(7-33-21(32)9-4-2-1-3-5-9)15(25)17(27)13(14)11(8-34-22)20(30)31/h1-5,8,10,12-19,22-29H,6-7H2,(H,30,31)/t10-,12-,13-,14-,15-,16-,17?,18+,19-,22+,23+/m1/s1. The number of fused-ring (bicyclic) bond motifs is 1. The molecule has 1 aromatic rings. The lowest BCUT2D eigenvalue weighted by Gasteiger charge is -2.43. The Kier molecular flexibility index (Phi) is 7.92. The smallest absolute Gasteiger partial charge is 0.338 e. The third-order valence-corrected chi connectivity index (χ3v) is 6.85. The lowest BCUT2D eigenvalue weighted by atomic mass is 9.82. The number of hydrogen-bond acceptors (Lipinski definition) is 12. The van der Waals surface area contributed by atoms with E-state index in [1.54, 1.807) is 18.2 Å². The van der Waals surface area contributed by atoms with Crippen molar-refractivity contribution >= 4 is 11.9 Å². The van der Waals surface area contributed by atoms with Gasteiger partial charge in [-0.2, -0.15) is 0 Å². The van der Waals surface area contributed by atoms with E-state index in [2.05, 4.69) is 0 Å². The summed E-state index contributed by atoms with van der Waals surface area (Å²) in [6.07, 6.45) is -11.8. The summed E-state index contributed by atoms with van der Waals surface area (Å²) in [5, 5.41) is 70.8. The Balaban J connectivity index is 1.58. The summed E-state index contributed by atoms with van der Waals surface area (Å²) in [7, 11) is 0. The van der Waals surface area contributed by atoms with Crippen LogP contribution in [0, 0.1) is 17.8 Å². The Morgan fingerprint density at radius 1 is 0.889 bits per heavy atom. The van der Waals surface area contributed by atoms with E-state index in [1.807, 2.05) is 0 Å². The van der Waals surface area contributed by atoms with Crippen LogP contribution in [0.15, 0.2) is 42.2 Å². The van der Waals surface area contributed by atoms with E-state index in [9.17, 15) is 45.3 Å². The molecule has 36 heavy (non-hydrogen) atoms. The summed E-state index contributed by atoms with van der Waals surface area (Å²) in [6.45, 7) is -1.14. The molecule has 0 amide bonds. The molecule has 1 saturated carbocycles. The Hall–Kier alpha value is -2.62. The van der Waals surface area contributed by atoms with Crippen LogP contribution in [0.5, 0.6) is 0 Å². The molecule has 7 N–H and O–H groups in total. The predicted octanol–water partition coefficient (Wildman–Crippen LogP) is -2.43. The molecule has 2 heterocycles. The van der Waals surface area contributed by atoms with Gasteiger partial charge in [-0.3, -0.25) is 0 Å². The molecule has 13 heteroatoms. The van der Waals surface area contributed by atoms with E-state index >= 15 is 0 Å². The molecule has 0 bridgehead atoms. The number of rotatable bonds is 7. The Bertz CT molecular complexity index is 966. The van der Waals surface area contributed by atoms with Crippen molar-refractivity contribution < 1.29 is 64.3 Å². The van der Waals surface area contributed by atoms with Crippen LogP contribution in [-0.4, -0.2) is 110 Å². The van der Waals surface area contributed by atoms with E-state index in [4.69, 9.17) is 18.9 Å². The van der Waals surface area contributed by atoms with Crippen molar-refractivity contribution in [3.05, 3.63) is 47.7 Å². The fraction of sp³-hybridized carbons (Fsp3) is 0.565. The number of esters is 1. The molecule has 3 aliphatic rings. The highest BCUT2D eigenvalue weighted by Crippen LogP contribution is 2.48. The number of benzene rings is 1. The van der Waals surface area contributed by atoms with Crippen LogP contribution in [0.1, 0.15) is 10.4 Å². The number of carbonyl (C=O) groups excluding carboxylic acids is 1. The van der Waals surface area contributed by atoms with Crippen molar-refractivity contribution in [3.63, 3.8) is 0 Å². The largest absolute Gasteiger partial charge is 0.478 e. The van der Waals surface area contributed by atoms with Gasteiger partial charge in [-0.25, -0.2) is 9.59 Å². The summed E-state index contributed by atoms with van der Waals surface area (Å²) in [4.78, 5) is 24.2. The van der Waals surface area contributed by atoms with Gasteiger partial charge in [0.05, 0.1) is 42.8 Å². The molecule has 2 aliphatic heterocycles. The minimum absolute atomic E-state index is 0.238. The fourth-order valence-corrected chi connectivity index (χ4v) is 4.93. The monoisotopic (exact) mass is 512 g/mol. The zero-order valence-electron chi connectivity index (χ0n) is 18.8. The second-order valence-electron chi connectivity index (χ2n) is 8.93. The van der Waals surface area contributed by atoms with Gasteiger partial charge in [0.15, 0.2) is 6.29 Å². The lowest BCUT2D eigenvalue weighted by Crippen LogP contribution is -2.60. The van der Waals surface area contributed by atoms with Gasteiger partial charge < -0.3 is 54.7 Å². The normalized spacial score (nSPS) is 40.1. The average Bonchev–Trinajstić information content (AvgIpc) is 3.13. The van der Waals surface area contributed by atoms with Gasteiger partial charge >= 0.3 is 11.9 Å². The number of aliphatic hydroxyl groups excluding tert-OH is 6. The second kappa shape index (κ2) is 10.8. The van der Waals surface area contributed by atoms with Gasteiger partial charge in [0.1, 0.15) is 24.4 Å². The van der Waals surface area contributed by atoms with Gasteiger partial charge in [0.2, 0.25) is 6.29 Å². The number of hydrogen-bond donors (Lipinski definition) is 7. The molecule has 1 unspecified atom stereocenters. The molecule has 0 aromatic heterocycles. The quantitative estimate of drug-likeness (QED) is 0.190. The van der Waals surface area contributed by atoms with Crippen LogP contribution in [0.2, 0.25) is 0 Å². The van der Waals surface area contributed by atoms with Crippen molar-refractivity contribution in [2.45, 2.75) is 49.2 Å². The lowest BCUT2D eigenvalue weighted by molar-refractivity contribution is -0.343. The third kappa shape index (κ3) is 4.84. The van der Waals surface area contributed by atoms with Crippen molar-refractivity contribution in [2.75, 3.05) is 13.2 Å². The molecule has 198 valence electrons. The summed E-state index contributed by atoms with van der Waals surface area (Å²) in [6, 6.07) is 8.00. The summed E-state index contributed by atoms with van der Waals surface area (Å²) >= 11 is 0. The van der Waals surface area contributed by atoms with E-state index in [1.165, 1.54) is 12.1 Å². The van der Waals surface area contributed by atoms with Crippen molar-refractivity contribution in [1.29, 1.82) is 0 Å². The summed E-state index contributed by atoms with van der Waals surface area (Å²) in [5.41, 5.74) is -0.112. The maximum atomic E-state index is 12.4. The van der Waals surface area contributed by atoms with Gasteiger partial charge in [-0.05, 0) is 12.1 Å². The average molecular weight is 512 g/mol. The highest BCUT2D eigenvalue weighted by molar-refractivity contribution is 5.89. The van der Waals surface area contributed by atoms with Crippen LogP contribution < -0.4 is 0 Å². The molecule has 0 radical (unpaired) electrons. The molecule has 1 aliphatic carbocycles. The molecule has 2 fully saturated rings. The number of aliphatic carboxylic acids is 1. The SMILES string of the molecule is O=C(O)C1=CO[C@@H](O[C@@H]2O[C@H](CO)[C@@H](O)[C@H](O)[C@H]2O)[C@@H]2[C@@H](COC(=O)c3ccccc3)[C@@H](O)C(O)[C@H]12. The highest BCUT2D eigenvalue weighted by Gasteiger charge is 2.59. The van der Waals surface area contributed by atoms with Crippen molar-refractivity contribution in [1.82, 2.24) is 0 Å². The van der Waals surface area contributed by atoms with Crippen LogP contribution in [0.3, 0.4) is 0 Å². The Morgan fingerprint density at radius 3 is 2.22 bits per heavy atom. The molecule has 4 rings (SSSR count). The number of carboxylic acid groups (broad SMARTS) is 1. The fourth-order valence-electron chi connectivity index (χ4n) is 4.93. The zero-order valence-corrected chi connectivity index (χ0v) is 18.8. The van der Waals surface area contributed by atoms with Gasteiger partial charge in [-0.1, -0.05) is 18.2 Å². The second-order valence-corrected chi connectivity index (χ2v) is 8.93. The van der Waals surface area contributed by atoms with Crippen LogP contribution in [0.4, 0.5) is 0 Å². The zero-order chi connectivity index (χ0) is 26.1. The van der Waals surface area contributed by atoms with Crippen molar-refractivity contribution in [2.24, 2.45) is 17.8 Å². The Morgan fingerprint density at radius 2 is 1.58 bits per heavy atom.